The maximum Gasteiger partial charge on any atom is 0.326 e. The molecule has 11 nitrogen and oxygen atoms in total. The van der Waals surface area contributed by atoms with Crippen LogP contribution in [0.3, 0.4) is 0 Å². The summed E-state index contributed by atoms with van der Waals surface area (Å²) in [5.41, 5.74) is 7.61. The predicted molar refractivity (Wildman–Crippen MR) is 139 cm³/mol. The van der Waals surface area contributed by atoms with E-state index in [1.165, 1.54) is 0 Å². The van der Waals surface area contributed by atoms with Crippen LogP contribution in [0.15, 0.2) is 60.7 Å². The van der Waals surface area contributed by atoms with E-state index in [0.29, 0.717) is 5.56 Å². The molecule has 0 fully saturated rings. The summed E-state index contributed by atoms with van der Waals surface area (Å²) < 4.78 is 0. The molecule has 0 bridgehead atoms. The van der Waals surface area contributed by atoms with Crippen molar-refractivity contribution in [2.45, 2.75) is 57.3 Å². The molecule has 0 aliphatic carbocycles. The molecule has 4 unspecified atom stereocenters. The Morgan fingerprint density at radius 2 is 1.18 bits per heavy atom. The Balaban J connectivity index is 2.22. The zero-order valence-electron chi connectivity index (χ0n) is 21.3. The summed E-state index contributed by atoms with van der Waals surface area (Å²) >= 11 is 0. The van der Waals surface area contributed by atoms with Gasteiger partial charge in [-0.1, -0.05) is 74.5 Å². The summed E-state index contributed by atoms with van der Waals surface area (Å²) in [5.74, 6) is -5.55. The van der Waals surface area contributed by atoms with E-state index in [4.69, 9.17) is 5.73 Å². The quantitative estimate of drug-likeness (QED) is 0.205. The zero-order valence-corrected chi connectivity index (χ0v) is 21.3. The average Bonchev–Trinajstić information content (AvgIpc) is 2.86. The SMILES string of the molecule is CC(C)C(NC(=O)C(CC(=O)O)NC(=O)C(Cc1ccccc1)NC(=O)C(N)Cc1ccccc1)C(=O)O. The largest absolute Gasteiger partial charge is 0.481 e. The van der Waals surface area contributed by atoms with Crippen LogP contribution in [0.5, 0.6) is 0 Å². The molecule has 2 rings (SSSR count). The van der Waals surface area contributed by atoms with E-state index in [9.17, 15) is 34.2 Å². The number of carboxylic acids is 2. The monoisotopic (exact) mass is 526 g/mol. The lowest BCUT2D eigenvalue weighted by Crippen LogP contribution is -2.58. The number of carbonyl (C=O) groups excluding carboxylic acids is 3. The smallest absolute Gasteiger partial charge is 0.326 e. The Morgan fingerprint density at radius 3 is 1.66 bits per heavy atom. The third-order valence-corrected chi connectivity index (χ3v) is 5.79. The predicted octanol–water partition coefficient (Wildman–Crippen LogP) is 0.469. The fourth-order valence-corrected chi connectivity index (χ4v) is 3.72. The molecule has 11 heteroatoms. The average molecular weight is 527 g/mol. The normalized spacial score (nSPS) is 14.0. The summed E-state index contributed by atoms with van der Waals surface area (Å²) in [4.78, 5) is 61.8. The molecule has 7 N–H and O–H groups in total. The minimum Gasteiger partial charge on any atom is -0.481 e. The first-order valence-electron chi connectivity index (χ1n) is 12.2. The van der Waals surface area contributed by atoms with Crippen molar-refractivity contribution in [1.29, 1.82) is 0 Å². The molecule has 0 aliphatic heterocycles. The second-order valence-electron chi connectivity index (χ2n) is 9.27. The number of amides is 3. The highest BCUT2D eigenvalue weighted by molar-refractivity contribution is 5.95. The van der Waals surface area contributed by atoms with Gasteiger partial charge in [-0.15, -0.1) is 0 Å². The van der Waals surface area contributed by atoms with E-state index in [0.717, 1.165) is 5.56 Å². The number of rotatable bonds is 14. The molecule has 0 aliphatic rings. The van der Waals surface area contributed by atoms with Gasteiger partial charge in [-0.3, -0.25) is 19.2 Å². The molecule has 0 saturated heterocycles. The van der Waals surface area contributed by atoms with Crippen LogP contribution in [0.4, 0.5) is 0 Å². The molecule has 204 valence electrons. The third-order valence-electron chi connectivity index (χ3n) is 5.79. The van der Waals surface area contributed by atoms with Crippen LogP contribution in [-0.4, -0.2) is 64.0 Å². The molecule has 4 atom stereocenters. The van der Waals surface area contributed by atoms with Gasteiger partial charge in [-0.25, -0.2) is 4.79 Å². The van der Waals surface area contributed by atoms with Gasteiger partial charge in [0.2, 0.25) is 17.7 Å². The number of nitrogens with one attached hydrogen (secondary N) is 3. The van der Waals surface area contributed by atoms with E-state index in [-0.39, 0.29) is 12.8 Å². The lowest BCUT2D eigenvalue weighted by Gasteiger charge is -2.25. The number of carboxylic acid groups (broad SMARTS) is 2. The topological polar surface area (TPSA) is 188 Å². The van der Waals surface area contributed by atoms with E-state index in [1.54, 1.807) is 44.2 Å². The van der Waals surface area contributed by atoms with Gasteiger partial charge >= 0.3 is 11.9 Å². The van der Waals surface area contributed by atoms with Gasteiger partial charge in [-0.2, -0.15) is 0 Å². The zero-order chi connectivity index (χ0) is 28.2. The van der Waals surface area contributed by atoms with Gasteiger partial charge in [0.25, 0.3) is 0 Å². The number of nitrogens with two attached hydrogens (primary N) is 1. The van der Waals surface area contributed by atoms with Crippen molar-refractivity contribution in [2.24, 2.45) is 11.7 Å². The summed E-state index contributed by atoms with van der Waals surface area (Å²) in [6.07, 6.45) is -0.522. The number of hydrogen-bond donors (Lipinski definition) is 6. The fraction of sp³-hybridized carbons (Fsp3) is 0.370. The van der Waals surface area contributed by atoms with Crippen LogP contribution in [0.1, 0.15) is 31.4 Å². The highest BCUT2D eigenvalue weighted by Crippen LogP contribution is 2.08. The first kappa shape index (κ1) is 30.0. The molecule has 2 aromatic rings. The van der Waals surface area contributed by atoms with Crippen molar-refractivity contribution < 1.29 is 34.2 Å². The molecule has 2 aromatic carbocycles. The van der Waals surface area contributed by atoms with Gasteiger partial charge in [0.15, 0.2) is 0 Å². The number of aliphatic carboxylic acids is 2. The van der Waals surface area contributed by atoms with Crippen LogP contribution >= 0.6 is 0 Å². The molecule has 38 heavy (non-hydrogen) atoms. The molecule has 3 amide bonds. The van der Waals surface area contributed by atoms with Gasteiger partial charge in [0.1, 0.15) is 18.1 Å². The lowest BCUT2D eigenvalue weighted by atomic mass is 10.0. The maximum absolute atomic E-state index is 13.3. The summed E-state index contributed by atoms with van der Waals surface area (Å²) in [5, 5.41) is 25.9. The Labute approximate surface area is 220 Å². The molecular weight excluding hydrogens is 492 g/mol. The van der Waals surface area contributed by atoms with Crippen molar-refractivity contribution in [3.8, 4) is 0 Å². The van der Waals surface area contributed by atoms with Gasteiger partial charge in [0, 0.05) is 6.42 Å². The molecule has 0 aromatic heterocycles. The number of carbonyl (C=O) groups is 5. The number of benzene rings is 2. The molecule has 0 heterocycles. The van der Waals surface area contributed by atoms with E-state index >= 15 is 0 Å². The Morgan fingerprint density at radius 1 is 0.711 bits per heavy atom. The van der Waals surface area contributed by atoms with Crippen molar-refractivity contribution >= 4 is 29.7 Å². The lowest BCUT2D eigenvalue weighted by molar-refractivity contribution is -0.144. The second kappa shape index (κ2) is 14.5. The van der Waals surface area contributed by atoms with Crippen LogP contribution in [0, 0.1) is 5.92 Å². The molecule has 0 saturated carbocycles. The molecule has 0 radical (unpaired) electrons. The molecular formula is C27H34N4O7. The summed E-state index contributed by atoms with van der Waals surface area (Å²) in [7, 11) is 0. The first-order valence-corrected chi connectivity index (χ1v) is 12.2. The second-order valence-corrected chi connectivity index (χ2v) is 9.27. The fourth-order valence-electron chi connectivity index (χ4n) is 3.72. The van der Waals surface area contributed by atoms with Gasteiger partial charge < -0.3 is 31.9 Å². The van der Waals surface area contributed by atoms with Crippen LogP contribution in [-0.2, 0) is 36.8 Å². The maximum atomic E-state index is 13.3. The molecule has 0 spiro atoms. The summed E-state index contributed by atoms with van der Waals surface area (Å²) in [6, 6.07) is 12.9. The van der Waals surface area contributed by atoms with Gasteiger partial charge in [-0.05, 0) is 23.5 Å². The van der Waals surface area contributed by atoms with Crippen LogP contribution < -0.4 is 21.7 Å². The van der Waals surface area contributed by atoms with Crippen molar-refractivity contribution in [3.63, 3.8) is 0 Å². The van der Waals surface area contributed by atoms with Crippen LogP contribution in [0.25, 0.3) is 0 Å². The minimum atomic E-state index is -1.58. The van der Waals surface area contributed by atoms with Crippen molar-refractivity contribution in [2.75, 3.05) is 0 Å². The minimum absolute atomic E-state index is 0.0433. The standard InChI is InChI=1S/C27H34N4O7/c1-16(2)23(27(37)38)31-26(36)21(15-22(32)33)30-25(35)20(14-18-11-7-4-8-12-18)29-24(34)19(28)13-17-9-5-3-6-10-17/h3-12,16,19-21,23H,13-15,28H2,1-2H3,(H,29,34)(H,30,35)(H,31,36)(H,32,33)(H,37,38). The van der Waals surface area contributed by atoms with E-state index in [1.807, 2.05) is 30.3 Å². The van der Waals surface area contributed by atoms with Crippen molar-refractivity contribution in [1.82, 2.24) is 16.0 Å². The highest BCUT2D eigenvalue weighted by atomic mass is 16.4. The van der Waals surface area contributed by atoms with Crippen molar-refractivity contribution in [3.05, 3.63) is 71.8 Å². The summed E-state index contributed by atoms with van der Waals surface area (Å²) in [6.45, 7) is 3.15. The van der Waals surface area contributed by atoms with Crippen LogP contribution in [0.2, 0.25) is 0 Å². The van der Waals surface area contributed by atoms with Gasteiger partial charge in [0.05, 0.1) is 12.5 Å². The first-order chi connectivity index (χ1) is 18.0. The third kappa shape index (κ3) is 9.66. The Kier molecular flexibility index (Phi) is 11.4. The Hall–Kier alpha value is -4.25. The Bertz CT molecular complexity index is 1110. The van der Waals surface area contributed by atoms with E-state index < -0.39 is 66.2 Å². The number of hydrogen-bond acceptors (Lipinski definition) is 6. The highest BCUT2D eigenvalue weighted by Gasteiger charge is 2.32. The van der Waals surface area contributed by atoms with E-state index in [2.05, 4.69) is 16.0 Å².